The highest BCUT2D eigenvalue weighted by molar-refractivity contribution is 7.90. The van der Waals surface area contributed by atoms with Crippen LogP contribution in [0.1, 0.15) is 33.1 Å². The zero-order chi connectivity index (χ0) is 13.3. The molecule has 0 aliphatic heterocycles. The van der Waals surface area contributed by atoms with Crippen molar-refractivity contribution in [3.63, 3.8) is 0 Å². The van der Waals surface area contributed by atoms with E-state index in [1.807, 2.05) is 7.05 Å². The number of nitrogens with zero attached hydrogens (tertiary/aromatic N) is 1. The molecule has 1 unspecified atom stereocenters. The molecule has 17 heavy (non-hydrogen) atoms. The van der Waals surface area contributed by atoms with Crippen LogP contribution in [0.3, 0.4) is 0 Å². The third-order valence-electron chi connectivity index (χ3n) is 2.92. The van der Waals surface area contributed by atoms with E-state index < -0.39 is 9.84 Å². The lowest BCUT2D eigenvalue weighted by atomic mass is 10.1. The number of sulfone groups is 1. The molecule has 5 heteroatoms. The van der Waals surface area contributed by atoms with Gasteiger partial charge in [0.25, 0.3) is 0 Å². The summed E-state index contributed by atoms with van der Waals surface area (Å²) in [5.41, 5.74) is 0. The Labute approximate surface area is 107 Å². The van der Waals surface area contributed by atoms with Crippen molar-refractivity contribution in [1.29, 1.82) is 0 Å². The Balaban J connectivity index is 3.66. The highest BCUT2D eigenvalue weighted by Gasteiger charge is 2.07. The van der Waals surface area contributed by atoms with Gasteiger partial charge in [-0.3, -0.25) is 0 Å². The topological polar surface area (TPSA) is 49.4 Å². The van der Waals surface area contributed by atoms with Gasteiger partial charge in [0, 0.05) is 18.8 Å². The average Bonchev–Trinajstić information content (AvgIpc) is 2.24. The van der Waals surface area contributed by atoms with Crippen LogP contribution in [0.15, 0.2) is 0 Å². The maximum absolute atomic E-state index is 11.0. The van der Waals surface area contributed by atoms with Crippen LogP contribution in [0.2, 0.25) is 0 Å². The third kappa shape index (κ3) is 10.7. The molecule has 0 radical (unpaired) electrons. The number of rotatable bonds is 10. The van der Waals surface area contributed by atoms with E-state index in [1.54, 1.807) is 0 Å². The van der Waals surface area contributed by atoms with Crippen molar-refractivity contribution in [2.24, 2.45) is 0 Å². The second-order valence-electron chi connectivity index (χ2n) is 4.74. The molecule has 0 aliphatic carbocycles. The number of hydrogen-bond acceptors (Lipinski definition) is 4. The molecular formula is C12H28N2O2S. The van der Waals surface area contributed by atoms with E-state index in [4.69, 9.17) is 0 Å². The summed E-state index contributed by atoms with van der Waals surface area (Å²) < 4.78 is 22.0. The normalized spacial score (nSPS) is 14.2. The summed E-state index contributed by atoms with van der Waals surface area (Å²) in [7, 11) is -0.842. The Kier molecular flexibility index (Phi) is 8.82. The van der Waals surface area contributed by atoms with Gasteiger partial charge in [-0.05, 0) is 39.4 Å². The molecule has 0 amide bonds. The summed E-state index contributed by atoms with van der Waals surface area (Å²) in [5, 5.41) is 3.45. The molecule has 0 aromatic heterocycles. The molecule has 1 atom stereocenters. The first kappa shape index (κ1) is 16.9. The molecule has 0 aromatic carbocycles. The lowest BCUT2D eigenvalue weighted by Gasteiger charge is -2.19. The summed E-state index contributed by atoms with van der Waals surface area (Å²) in [6.07, 6.45) is 4.72. The summed E-state index contributed by atoms with van der Waals surface area (Å²) in [6.45, 7) is 6.94. The lowest BCUT2D eigenvalue weighted by molar-refractivity contribution is 0.329. The van der Waals surface area contributed by atoms with Crippen molar-refractivity contribution in [2.75, 3.05) is 38.7 Å². The van der Waals surface area contributed by atoms with Gasteiger partial charge < -0.3 is 10.2 Å². The molecule has 0 saturated carbocycles. The van der Waals surface area contributed by atoms with Crippen molar-refractivity contribution < 1.29 is 8.42 Å². The predicted octanol–water partition coefficient (Wildman–Crippen LogP) is 1.13. The maximum Gasteiger partial charge on any atom is 0.148 e. The maximum atomic E-state index is 11.0. The molecule has 104 valence electrons. The molecule has 4 nitrogen and oxygen atoms in total. The molecular weight excluding hydrogens is 236 g/mol. The minimum atomic E-state index is -2.83. The Morgan fingerprint density at radius 2 is 1.88 bits per heavy atom. The number of hydrogen-bond donors (Lipinski definition) is 1. The minimum absolute atomic E-state index is 0.258. The highest BCUT2D eigenvalue weighted by Crippen LogP contribution is 2.02. The zero-order valence-corrected chi connectivity index (χ0v) is 12.5. The van der Waals surface area contributed by atoms with Crippen LogP contribution in [0.4, 0.5) is 0 Å². The fourth-order valence-electron chi connectivity index (χ4n) is 1.78. The Morgan fingerprint density at radius 1 is 1.24 bits per heavy atom. The highest BCUT2D eigenvalue weighted by atomic mass is 32.2. The molecule has 0 saturated heterocycles. The van der Waals surface area contributed by atoms with Gasteiger partial charge in [0.1, 0.15) is 9.84 Å². The smallest absolute Gasteiger partial charge is 0.148 e. The van der Waals surface area contributed by atoms with Gasteiger partial charge in [0.2, 0.25) is 0 Å². The molecule has 0 heterocycles. The van der Waals surface area contributed by atoms with E-state index in [-0.39, 0.29) is 5.75 Å². The Bertz CT molecular complexity index is 278. The van der Waals surface area contributed by atoms with Gasteiger partial charge >= 0.3 is 0 Å². The fourth-order valence-corrected chi connectivity index (χ4v) is 2.42. The fraction of sp³-hybridized carbons (Fsp3) is 1.00. The van der Waals surface area contributed by atoms with E-state index in [9.17, 15) is 8.42 Å². The van der Waals surface area contributed by atoms with E-state index in [0.29, 0.717) is 12.6 Å². The molecule has 0 aliphatic rings. The first-order valence-electron chi connectivity index (χ1n) is 6.48. The third-order valence-corrected chi connectivity index (χ3v) is 3.85. The molecule has 0 bridgehead atoms. The van der Waals surface area contributed by atoms with Crippen molar-refractivity contribution in [3.8, 4) is 0 Å². The van der Waals surface area contributed by atoms with Gasteiger partial charge in [-0.25, -0.2) is 8.42 Å². The molecule has 0 spiro atoms. The largest absolute Gasteiger partial charge is 0.314 e. The SMILES string of the molecule is CCNC(CC)CCCN(C)CCS(C)(=O)=O. The van der Waals surface area contributed by atoms with Gasteiger partial charge in [-0.15, -0.1) is 0 Å². The summed E-state index contributed by atoms with van der Waals surface area (Å²) in [6, 6.07) is 0.600. The quantitative estimate of drug-likeness (QED) is 0.643. The first-order valence-corrected chi connectivity index (χ1v) is 8.54. The van der Waals surface area contributed by atoms with Crippen LogP contribution in [-0.4, -0.2) is 58.1 Å². The minimum Gasteiger partial charge on any atom is -0.314 e. The van der Waals surface area contributed by atoms with E-state index in [0.717, 1.165) is 32.4 Å². The monoisotopic (exact) mass is 264 g/mol. The molecule has 0 aromatic rings. The van der Waals surface area contributed by atoms with Crippen LogP contribution >= 0.6 is 0 Å². The van der Waals surface area contributed by atoms with Gasteiger partial charge in [0.15, 0.2) is 0 Å². The van der Waals surface area contributed by atoms with Gasteiger partial charge in [-0.1, -0.05) is 13.8 Å². The lowest BCUT2D eigenvalue weighted by Crippen LogP contribution is -2.30. The summed E-state index contributed by atoms with van der Waals surface area (Å²) in [4.78, 5) is 2.10. The summed E-state index contributed by atoms with van der Waals surface area (Å²) in [5.74, 6) is 0.258. The Hall–Kier alpha value is -0.130. The second-order valence-corrected chi connectivity index (χ2v) is 7.00. The van der Waals surface area contributed by atoms with Crippen LogP contribution in [0.5, 0.6) is 0 Å². The van der Waals surface area contributed by atoms with E-state index >= 15 is 0 Å². The van der Waals surface area contributed by atoms with Crippen molar-refractivity contribution in [3.05, 3.63) is 0 Å². The first-order chi connectivity index (χ1) is 7.89. The summed E-state index contributed by atoms with van der Waals surface area (Å²) >= 11 is 0. The zero-order valence-electron chi connectivity index (χ0n) is 11.7. The van der Waals surface area contributed by atoms with Crippen LogP contribution < -0.4 is 5.32 Å². The Morgan fingerprint density at radius 3 is 2.35 bits per heavy atom. The average molecular weight is 264 g/mol. The van der Waals surface area contributed by atoms with E-state index in [1.165, 1.54) is 6.26 Å². The second kappa shape index (κ2) is 8.89. The van der Waals surface area contributed by atoms with Crippen molar-refractivity contribution in [2.45, 2.75) is 39.2 Å². The molecule has 1 N–H and O–H groups in total. The molecule has 0 rings (SSSR count). The van der Waals surface area contributed by atoms with Crippen LogP contribution in [0, 0.1) is 0 Å². The van der Waals surface area contributed by atoms with Crippen molar-refractivity contribution in [1.82, 2.24) is 10.2 Å². The van der Waals surface area contributed by atoms with Crippen LogP contribution in [0.25, 0.3) is 0 Å². The van der Waals surface area contributed by atoms with Crippen LogP contribution in [-0.2, 0) is 9.84 Å². The predicted molar refractivity (Wildman–Crippen MR) is 74.2 cm³/mol. The molecule has 0 fully saturated rings. The number of nitrogens with one attached hydrogen (secondary N) is 1. The standard InChI is InChI=1S/C12H28N2O2S/c1-5-12(13-6-2)8-7-9-14(3)10-11-17(4,15)16/h12-13H,5-11H2,1-4H3. The van der Waals surface area contributed by atoms with Gasteiger partial charge in [-0.2, -0.15) is 0 Å². The van der Waals surface area contributed by atoms with E-state index in [2.05, 4.69) is 24.1 Å². The van der Waals surface area contributed by atoms with Gasteiger partial charge in [0.05, 0.1) is 5.75 Å². The van der Waals surface area contributed by atoms with Crippen molar-refractivity contribution >= 4 is 9.84 Å².